The topological polar surface area (TPSA) is 47.6 Å². The molecule has 2 aliphatic rings. The molecule has 98 valence electrons. The molecule has 0 bridgehead atoms. The first-order valence-corrected chi connectivity index (χ1v) is 6.80. The van der Waals surface area contributed by atoms with Crippen molar-refractivity contribution in [3.63, 3.8) is 0 Å². The van der Waals surface area contributed by atoms with E-state index in [4.69, 9.17) is 9.47 Å². The molecule has 1 saturated heterocycles. The highest BCUT2D eigenvalue weighted by Gasteiger charge is 2.28. The zero-order valence-corrected chi connectivity index (χ0v) is 10.6. The molecule has 0 aromatic carbocycles. The summed E-state index contributed by atoms with van der Waals surface area (Å²) in [4.78, 5) is 11.6. The Hall–Kier alpha value is -0.610. The number of esters is 1. The highest BCUT2D eigenvalue weighted by atomic mass is 16.5. The van der Waals surface area contributed by atoms with Gasteiger partial charge in [-0.15, -0.1) is 0 Å². The molecule has 0 radical (unpaired) electrons. The van der Waals surface area contributed by atoms with Gasteiger partial charge in [-0.1, -0.05) is 0 Å². The molecular formula is C13H23NO3. The summed E-state index contributed by atoms with van der Waals surface area (Å²) in [6, 6.07) is 1.09. The van der Waals surface area contributed by atoms with Crippen LogP contribution in [0.5, 0.6) is 0 Å². The van der Waals surface area contributed by atoms with E-state index in [1.165, 1.54) is 0 Å². The minimum atomic E-state index is -0.00449. The van der Waals surface area contributed by atoms with Crippen LogP contribution in [0.1, 0.15) is 39.0 Å². The van der Waals surface area contributed by atoms with E-state index in [-0.39, 0.29) is 11.9 Å². The van der Waals surface area contributed by atoms with E-state index >= 15 is 0 Å². The van der Waals surface area contributed by atoms with Crippen molar-refractivity contribution in [1.82, 2.24) is 5.32 Å². The van der Waals surface area contributed by atoms with E-state index in [2.05, 4.69) is 5.32 Å². The molecule has 0 aromatic heterocycles. The summed E-state index contributed by atoms with van der Waals surface area (Å²) in [6.45, 7) is 4.09. The van der Waals surface area contributed by atoms with Gasteiger partial charge < -0.3 is 14.8 Å². The van der Waals surface area contributed by atoms with Crippen molar-refractivity contribution >= 4 is 5.97 Å². The lowest BCUT2D eigenvalue weighted by Crippen LogP contribution is -2.41. The molecule has 0 amide bonds. The summed E-state index contributed by atoms with van der Waals surface area (Å²) < 4.78 is 10.4. The Balaban J connectivity index is 1.68. The van der Waals surface area contributed by atoms with Gasteiger partial charge in [0.2, 0.25) is 0 Å². The summed E-state index contributed by atoms with van der Waals surface area (Å²) in [5.74, 6) is 0.128. The molecular weight excluding hydrogens is 218 g/mol. The van der Waals surface area contributed by atoms with E-state index in [0.29, 0.717) is 18.7 Å². The van der Waals surface area contributed by atoms with Crippen molar-refractivity contribution in [3.05, 3.63) is 0 Å². The number of nitrogens with one attached hydrogen (secondary N) is 1. The monoisotopic (exact) mass is 241 g/mol. The fraction of sp³-hybridized carbons (Fsp3) is 0.923. The van der Waals surface area contributed by atoms with Crippen LogP contribution >= 0.6 is 0 Å². The summed E-state index contributed by atoms with van der Waals surface area (Å²) in [7, 11) is 0. The Kier molecular flexibility index (Phi) is 4.80. The molecule has 1 aliphatic carbocycles. The third-order valence-corrected chi connectivity index (χ3v) is 3.75. The van der Waals surface area contributed by atoms with Crippen LogP contribution in [-0.4, -0.2) is 37.9 Å². The first-order valence-electron chi connectivity index (χ1n) is 6.80. The van der Waals surface area contributed by atoms with Crippen molar-refractivity contribution in [1.29, 1.82) is 0 Å². The third-order valence-electron chi connectivity index (χ3n) is 3.75. The maximum absolute atomic E-state index is 11.6. The number of carbonyl (C=O) groups is 1. The summed E-state index contributed by atoms with van der Waals surface area (Å²) in [6.07, 6.45) is 5.21. The second kappa shape index (κ2) is 6.36. The van der Waals surface area contributed by atoms with Gasteiger partial charge in [-0.3, -0.25) is 4.79 Å². The number of hydrogen-bond acceptors (Lipinski definition) is 4. The smallest absolute Gasteiger partial charge is 0.308 e. The normalized spacial score (nSPS) is 33.6. The minimum Gasteiger partial charge on any atom is -0.466 e. The summed E-state index contributed by atoms with van der Waals surface area (Å²) in [5.41, 5.74) is 0. The number of hydrogen-bond donors (Lipinski definition) is 1. The van der Waals surface area contributed by atoms with Crippen LogP contribution in [0.15, 0.2) is 0 Å². The van der Waals surface area contributed by atoms with Crippen LogP contribution in [0.2, 0.25) is 0 Å². The van der Waals surface area contributed by atoms with Crippen LogP contribution in [0.4, 0.5) is 0 Å². The lowest BCUT2D eigenvalue weighted by atomic mass is 9.86. The molecule has 1 atom stereocenters. The SMILES string of the molecule is CCOC(=O)C1CCC(NC2CCOC2)CC1. The van der Waals surface area contributed by atoms with Gasteiger partial charge >= 0.3 is 5.97 Å². The van der Waals surface area contributed by atoms with E-state index in [0.717, 1.165) is 45.3 Å². The van der Waals surface area contributed by atoms with E-state index in [1.807, 2.05) is 6.92 Å². The highest BCUT2D eigenvalue weighted by Crippen LogP contribution is 2.26. The maximum atomic E-state index is 11.6. The third kappa shape index (κ3) is 3.68. The minimum absolute atomic E-state index is 0.00449. The average Bonchev–Trinajstić information content (AvgIpc) is 2.83. The average molecular weight is 241 g/mol. The van der Waals surface area contributed by atoms with Crippen LogP contribution in [0.3, 0.4) is 0 Å². The molecule has 0 aromatic rings. The summed E-state index contributed by atoms with van der Waals surface area (Å²) >= 11 is 0. The van der Waals surface area contributed by atoms with Gasteiger partial charge in [0.25, 0.3) is 0 Å². The van der Waals surface area contributed by atoms with Gasteiger partial charge in [-0.25, -0.2) is 0 Å². The van der Waals surface area contributed by atoms with E-state index in [1.54, 1.807) is 0 Å². The Morgan fingerprint density at radius 1 is 1.24 bits per heavy atom. The Bertz CT molecular complexity index is 243. The molecule has 2 rings (SSSR count). The molecule has 1 saturated carbocycles. The second-order valence-corrected chi connectivity index (χ2v) is 5.03. The molecule has 1 unspecified atom stereocenters. The van der Waals surface area contributed by atoms with E-state index < -0.39 is 0 Å². The van der Waals surface area contributed by atoms with Crippen LogP contribution in [0.25, 0.3) is 0 Å². The molecule has 1 N–H and O–H groups in total. The fourth-order valence-electron chi connectivity index (χ4n) is 2.76. The second-order valence-electron chi connectivity index (χ2n) is 5.03. The van der Waals surface area contributed by atoms with Gasteiger partial charge in [0, 0.05) is 18.7 Å². The lowest BCUT2D eigenvalue weighted by Gasteiger charge is -2.29. The largest absolute Gasteiger partial charge is 0.466 e. The van der Waals surface area contributed by atoms with Crippen molar-refractivity contribution in [3.8, 4) is 0 Å². The number of ether oxygens (including phenoxy) is 2. The summed E-state index contributed by atoms with van der Waals surface area (Å²) in [5, 5.41) is 3.63. The van der Waals surface area contributed by atoms with Gasteiger partial charge in [-0.05, 0) is 39.0 Å². The highest BCUT2D eigenvalue weighted by molar-refractivity contribution is 5.72. The van der Waals surface area contributed by atoms with Crippen LogP contribution in [-0.2, 0) is 14.3 Å². The van der Waals surface area contributed by atoms with Crippen LogP contribution < -0.4 is 5.32 Å². The zero-order valence-electron chi connectivity index (χ0n) is 10.6. The van der Waals surface area contributed by atoms with Gasteiger partial charge in [0.05, 0.1) is 19.1 Å². The molecule has 4 nitrogen and oxygen atoms in total. The Morgan fingerprint density at radius 3 is 2.59 bits per heavy atom. The standard InChI is InChI=1S/C13H23NO3/c1-2-17-13(15)10-3-5-11(6-4-10)14-12-7-8-16-9-12/h10-12,14H,2-9H2,1H3. The predicted octanol–water partition coefficient (Wildman–Crippen LogP) is 1.49. The quantitative estimate of drug-likeness (QED) is 0.757. The van der Waals surface area contributed by atoms with Gasteiger partial charge in [0.1, 0.15) is 0 Å². The first-order chi connectivity index (χ1) is 8.29. The van der Waals surface area contributed by atoms with Crippen molar-refractivity contribution < 1.29 is 14.3 Å². The zero-order chi connectivity index (χ0) is 12.1. The lowest BCUT2D eigenvalue weighted by molar-refractivity contribution is -0.149. The first kappa shape index (κ1) is 12.8. The molecule has 1 heterocycles. The molecule has 17 heavy (non-hydrogen) atoms. The van der Waals surface area contributed by atoms with Crippen molar-refractivity contribution in [2.24, 2.45) is 5.92 Å². The van der Waals surface area contributed by atoms with Gasteiger partial charge in [0.15, 0.2) is 0 Å². The van der Waals surface area contributed by atoms with Crippen LogP contribution in [0, 0.1) is 5.92 Å². The molecule has 2 fully saturated rings. The Labute approximate surface area is 103 Å². The van der Waals surface area contributed by atoms with Gasteiger partial charge in [-0.2, -0.15) is 0 Å². The molecule has 4 heteroatoms. The maximum Gasteiger partial charge on any atom is 0.308 e. The van der Waals surface area contributed by atoms with E-state index in [9.17, 15) is 4.79 Å². The number of carbonyl (C=O) groups excluding carboxylic acids is 1. The van der Waals surface area contributed by atoms with Crippen molar-refractivity contribution in [2.75, 3.05) is 19.8 Å². The molecule has 1 aliphatic heterocycles. The fourth-order valence-corrected chi connectivity index (χ4v) is 2.76. The number of rotatable bonds is 4. The molecule has 0 spiro atoms. The predicted molar refractivity (Wildman–Crippen MR) is 64.7 cm³/mol. The Morgan fingerprint density at radius 2 is 2.00 bits per heavy atom. The van der Waals surface area contributed by atoms with Crippen molar-refractivity contribution in [2.45, 2.75) is 51.1 Å².